The first-order valence-corrected chi connectivity index (χ1v) is 5.47. The number of ether oxygens (including phenoxy) is 2. The monoisotopic (exact) mass is 236 g/mol. The second-order valence-corrected chi connectivity index (χ2v) is 3.68. The summed E-state index contributed by atoms with van der Waals surface area (Å²) in [5.41, 5.74) is 0.885. The summed E-state index contributed by atoms with van der Waals surface area (Å²) in [5, 5.41) is 0. The van der Waals surface area contributed by atoms with Gasteiger partial charge in [0.25, 0.3) is 5.95 Å². The van der Waals surface area contributed by atoms with Crippen molar-refractivity contribution >= 4 is 5.78 Å². The first-order chi connectivity index (χ1) is 8.22. The summed E-state index contributed by atoms with van der Waals surface area (Å²) in [6, 6.07) is 6.37. The highest BCUT2D eigenvalue weighted by atomic mass is 19.1. The van der Waals surface area contributed by atoms with Gasteiger partial charge in [-0.1, -0.05) is 18.2 Å². The maximum Gasteiger partial charge on any atom is 0.287 e. The molecule has 1 heterocycles. The Bertz CT molecular complexity index is 465. The van der Waals surface area contributed by atoms with Crippen molar-refractivity contribution in [3.8, 4) is 0 Å². The van der Waals surface area contributed by atoms with E-state index in [0.29, 0.717) is 17.7 Å². The van der Waals surface area contributed by atoms with Crippen molar-refractivity contribution < 1.29 is 18.7 Å². The Labute approximate surface area is 98.8 Å². The van der Waals surface area contributed by atoms with Crippen molar-refractivity contribution in [3.05, 3.63) is 47.2 Å². The zero-order valence-corrected chi connectivity index (χ0v) is 9.53. The zero-order valence-electron chi connectivity index (χ0n) is 9.53. The minimum Gasteiger partial charge on any atom is -0.465 e. The molecule has 1 aromatic rings. The van der Waals surface area contributed by atoms with Gasteiger partial charge in [0, 0.05) is 6.42 Å². The average molecular weight is 236 g/mol. The normalized spacial score (nSPS) is 15.1. The van der Waals surface area contributed by atoms with Gasteiger partial charge in [-0.3, -0.25) is 4.79 Å². The lowest BCUT2D eigenvalue weighted by molar-refractivity contribution is -0.117. The van der Waals surface area contributed by atoms with Crippen LogP contribution >= 0.6 is 0 Å². The van der Waals surface area contributed by atoms with Crippen LogP contribution in [0.25, 0.3) is 0 Å². The van der Waals surface area contributed by atoms with Crippen molar-refractivity contribution in [2.24, 2.45) is 0 Å². The molecule has 0 atom stereocenters. The fourth-order valence-corrected chi connectivity index (χ4v) is 1.68. The number of benzene rings is 1. The van der Waals surface area contributed by atoms with Crippen LogP contribution in [0.4, 0.5) is 4.39 Å². The molecule has 0 unspecified atom stereocenters. The molecule has 0 amide bonds. The van der Waals surface area contributed by atoms with E-state index >= 15 is 0 Å². The highest BCUT2D eigenvalue weighted by molar-refractivity contribution is 5.98. The molecule has 17 heavy (non-hydrogen) atoms. The van der Waals surface area contributed by atoms with E-state index in [4.69, 9.17) is 9.47 Å². The van der Waals surface area contributed by atoms with E-state index < -0.39 is 0 Å². The van der Waals surface area contributed by atoms with E-state index in [2.05, 4.69) is 0 Å². The van der Waals surface area contributed by atoms with Crippen molar-refractivity contribution in [2.45, 2.75) is 13.3 Å². The Hall–Kier alpha value is -1.84. The molecule has 90 valence electrons. The Balaban J connectivity index is 2.24. The van der Waals surface area contributed by atoms with E-state index in [9.17, 15) is 9.18 Å². The van der Waals surface area contributed by atoms with Gasteiger partial charge in [-0.2, -0.15) is 0 Å². The topological polar surface area (TPSA) is 35.5 Å². The van der Waals surface area contributed by atoms with E-state index in [-0.39, 0.29) is 30.6 Å². The Morgan fingerprint density at radius 1 is 1.41 bits per heavy atom. The van der Waals surface area contributed by atoms with Crippen molar-refractivity contribution in [1.82, 2.24) is 0 Å². The van der Waals surface area contributed by atoms with Crippen LogP contribution in [-0.2, 0) is 20.7 Å². The standard InChI is InChI=1S/C13H13FO3/c1-2-16-13-10(12(15)8-17-13)7-9-5-3-4-6-11(9)14/h3-6H,2,7-8H2,1H3. The molecule has 0 fully saturated rings. The van der Waals surface area contributed by atoms with Gasteiger partial charge in [-0.25, -0.2) is 4.39 Å². The lowest BCUT2D eigenvalue weighted by atomic mass is 10.0. The third-order valence-corrected chi connectivity index (χ3v) is 2.52. The van der Waals surface area contributed by atoms with Crippen LogP contribution in [0.15, 0.2) is 35.8 Å². The molecule has 4 heteroatoms. The smallest absolute Gasteiger partial charge is 0.287 e. The molecular formula is C13H13FO3. The number of hydrogen-bond acceptors (Lipinski definition) is 3. The Morgan fingerprint density at radius 3 is 2.88 bits per heavy atom. The molecule has 0 bridgehead atoms. The first kappa shape index (κ1) is 11.6. The molecule has 1 aliphatic heterocycles. The summed E-state index contributed by atoms with van der Waals surface area (Å²) in [5.74, 6) is -0.229. The summed E-state index contributed by atoms with van der Waals surface area (Å²) >= 11 is 0. The number of ketones is 1. The first-order valence-electron chi connectivity index (χ1n) is 5.47. The zero-order chi connectivity index (χ0) is 12.3. The molecule has 2 rings (SSSR count). The Kier molecular flexibility index (Phi) is 3.42. The molecule has 3 nitrogen and oxygen atoms in total. The SMILES string of the molecule is CCOC1=C(Cc2ccccc2F)C(=O)CO1. The predicted octanol–water partition coefficient (Wildman–Crippen LogP) is 2.22. The highest BCUT2D eigenvalue weighted by Gasteiger charge is 2.27. The summed E-state index contributed by atoms with van der Waals surface area (Å²) in [4.78, 5) is 11.6. The number of hydrogen-bond donors (Lipinski definition) is 0. The van der Waals surface area contributed by atoms with Crippen LogP contribution in [0.1, 0.15) is 12.5 Å². The fraction of sp³-hybridized carbons (Fsp3) is 0.308. The van der Waals surface area contributed by atoms with Crippen LogP contribution in [0, 0.1) is 5.82 Å². The minimum atomic E-state index is -0.324. The third-order valence-electron chi connectivity index (χ3n) is 2.52. The number of rotatable bonds is 4. The van der Waals surface area contributed by atoms with Crippen LogP contribution in [0.2, 0.25) is 0 Å². The second kappa shape index (κ2) is 4.99. The van der Waals surface area contributed by atoms with Gasteiger partial charge >= 0.3 is 0 Å². The van der Waals surface area contributed by atoms with Gasteiger partial charge < -0.3 is 9.47 Å². The minimum absolute atomic E-state index is 0.0148. The van der Waals surface area contributed by atoms with Crippen LogP contribution in [0.5, 0.6) is 0 Å². The number of carbonyl (C=O) groups excluding carboxylic acids is 1. The molecule has 0 saturated carbocycles. The molecule has 0 saturated heterocycles. The summed E-state index contributed by atoms with van der Waals surface area (Å²) < 4.78 is 23.8. The Morgan fingerprint density at radius 2 is 2.18 bits per heavy atom. The van der Waals surface area contributed by atoms with Gasteiger partial charge in [-0.05, 0) is 18.6 Å². The van der Waals surface area contributed by atoms with E-state index in [1.54, 1.807) is 25.1 Å². The maximum atomic E-state index is 13.5. The van der Waals surface area contributed by atoms with Crippen LogP contribution < -0.4 is 0 Å². The quantitative estimate of drug-likeness (QED) is 0.804. The van der Waals surface area contributed by atoms with E-state index in [0.717, 1.165) is 0 Å². The highest BCUT2D eigenvalue weighted by Crippen LogP contribution is 2.22. The third kappa shape index (κ3) is 2.46. The summed E-state index contributed by atoms with van der Waals surface area (Å²) in [7, 11) is 0. The van der Waals surface area contributed by atoms with Crippen molar-refractivity contribution in [2.75, 3.05) is 13.2 Å². The van der Waals surface area contributed by atoms with E-state index in [1.165, 1.54) is 6.07 Å². The number of carbonyl (C=O) groups is 1. The predicted molar refractivity (Wildman–Crippen MR) is 59.7 cm³/mol. The second-order valence-electron chi connectivity index (χ2n) is 3.68. The van der Waals surface area contributed by atoms with Gasteiger partial charge in [-0.15, -0.1) is 0 Å². The molecule has 0 spiro atoms. The van der Waals surface area contributed by atoms with Crippen molar-refractivity contribution in [1.29, 1.82) is 0 Å². The van der Waals surface area contributed by atoms with Crippen LogP contribution in [0.3, 0.4) is 0 Å². The van der Waals surface area contributed by atoms with Gasteiger partial charge in [0.15, 0.2) is 6.61 Å². The number of Topliss-reactive ketones (excluding diaryl/α,β-unsaturated/α-hetero) is 1. The van der Waals surface area contributed by atoms with Gasteiger partial charge in [0.05, 0.1) is 12.2 Å². The molecule has 0 N–H and O–H groups in total. The lowest BCUT2D eigenvalue weighted by Gasteiger charge is -2.06. The van der Waals surface area contributed by atoms with Crippen LogP contribution in [-0.4, -0.2) is 19.0 Å². The largest absolute Gasteiger partial charge is 0.465 e. The number of halogens is 1. The summed E-state index contributed by atoms with van der Waals surface area (Å²) in [6.07, 6.45) is 0.209. The molecule has 0 aromatic heterocycles. The van der Waals surface area contributed by atoms with E-state index in [1.807, 2.05) is 0 Å². The maximum absolute atomic E-state index is 13.5. The molecule has 1 aromatic carbocycles. The molecule has 0 aliphatic carbocycles. The lowest BCUT2D eigenvalue weighted by Crippen LogP contribution is -2.05. The molecule has 0 radical (unpaired) electrons. The molecule has 1 aliphatic rings. The van der Waals surface area contributed by atoms with Crippen molar-refractivity contribution in [3.63, 3.8) is 0 Å². The fourth-order valence-electron chi connectivity index (χ4n) is 1.68. The summed E-state index contributed by atoms with van der Waals surface area (Å²) in [6.45, 7) is 2.21. The van der Waals surface area contributed by atoms with Gasteiger partial charge in [0.1, 0.15) is 5.82 Å². The average Bonchev–Trinajstić information content (AvgIpc) is 2.65. The van der Waals surface area contributed by atoms with Gasteiger partial charge in [0.2, 0.25) is 5.78 Å². The molecular weight excluding hydrogens is 223 g/mol.